The number of ether oxygens (including phenoxy) is 3. The summed E-state index contributed by atoms with van der Waals surface area (Å²) in [5.74, 6) is -0.899. The molecule has 0 spiro atoms. The third kappa shape index (κ3) is 46.0. The van der Waals surface area contributed by atoms with E-state index in [0.29, 0.717) is 19.3 Å². The normalized spacial score (nSPS) is 12.5. The summed E-state index contributed by atoms with van der Waals surface area (Å²) in [4.78, 5) is 37.6. The summed E-state index contributed by atoms with van der Waals surface area (Å²) in [5.41, 5.74) is 0. The summed E-state index contributed by atoms with van der Waals surface area (Å²) in [5, 5.41) is 0. The van der Waals surface area contributed by atoms with Crippen LogP contribution in [-0.2, 0) is 28.6 Å². The minimum atomic E-state index is -0.771. The van der Waals surface area contributed by atoms with Crippen LogP contribution in [0.1, 0.15) is 239 Å². The van der Waals surface area contributed by atoms with Crippen molar-refractivity contribution in [3.8, 4) is 0 Å². The molecule has 0 N–H and O–H groups in total. The maximum Gasteiger partial charge on any atom is 0.306 e. The van der Waals surface area contributed by atoms with Crippen LogP contribution < -0.4 is 0 Å². The Labute approximate surface area is 364 Å². The Kier molecular flexibility index (Phi) is 45.4. The van der Waals surface area contributed by atoms with Crippen LogP contribution in [-0.4, -0.2) is 37.2 Å². The number of carbonyl (C=O) groups excluding carboxylic acids is 3. The lowest BCUT2D eigenvalue weighted by molar-refractivity contribution is -0.167. The van der Waals surface area contributed by atoms with Gasteiger partial charge >= 0.3 is 17.9 Å². The molecular weight excluding hydrogens is 733 g/mol. The third-order valence-corrected chi connectivity index (χ3v) is 10.5. The van der Waals surface area contributed by atoms with Gasteiger partial charge in [0.25, 0.3) is 0 Å². The van der Waals surface area contributed by atoms with Gasteiger partial charge in [-0.25, -0.2) is 0 Å². The van der Waals surface area contributed by atoms with Crippen LogP contribution >= 0.6 is 0 Å². The number of hydrogen-bond donors (Lipinski definition) is 0. The van der Waals surface area contributed by atoms with Crippen molar-refractivity contribution in [3.63, 3.8) is 0 Å². The highest BCUT2D eigenvalue weighted by molar-refractivity contribution is 5.71. The Morgan fingerprint density at radius 3 is 1.03 bits per heavy atom. The van der Waals surface area contributed by atoms with E-state index in [2.05, 4.69) is 81.5 Å². The molecule has 0 fully saturated rings. The van der Waals surface area contributed by atoms with Crippen molar-refractivity contribution in [1.29, 1.82) is 0 Å². The summed E-state index contributed by atoms with van der Waals surface area (Å²) < 4.78 is 16.6. The molecule has 0 aromatic carbocycles. The van der Waals surface area contributed by atoms with Crippen molar-refractivity contribution in [2.24, 2.45) is 0 Å². The quantitative estimate of drug-likeness (QED) is 0.0263. The fraction of sp³-hybridized carbons (Fsp3) is 0.755. The van der Waals surface area contributed by atoms with Gasteiger partial charge in [-0.1, -0.05) is 216 Å². The van der Waals surface area contributed by atoms with Crippen molar-refractivity contribution >= 4 is 17.9 Å². The highest BCUT2D eigenvalue weighted by Crippen LogP contribution is 2.15. The van der Waals surface area contributed by atoms with Gasteiger partial charge in [0, 0.05) is 19.3 Å². The van der Waals surface area contributed by atoms with Crippen molar-refractivity contribution in [2.45, 2.75) is 245 Å². The Morgan fingerprint density at radius 2 is 0.661 bits per heavy atom. The summed E-state index contributed by atoms with van der Waals surface area (Å²) in [6, 6.07) is 0. The first-order valence-electron chi connectivity index (χ1n) is 24.8. The highest BCUT2D eigenvalue weighted by atomic mass is 16.6. The molecular formula is C53H92O6. The predicted molar refractivity (Wildman–Crippen MR) is 251 cm³/mol. The molecule has 0 aromatic heterocycles. The van der Waals surface area contributed by atoms with E-state index in [1.165, 1.54) is 96.3 Å². The first-order chi connectivity index (χ1) is 29.0. The molecule has 0 aliphatic carbocycles. The van der Waals surface area contributed by atoms with Crippen LogP contribution in [0.2, 0.25) is 0 Å². The minimum Gasteiger partial charge on any atom is -0.462 e. The van der Waals surface area contributed by atoms with Crippen LogP contribution in [0.5, 0.6) is 0 Å². The lowest BCUT2D eigenvalue weighted by atomic mass is 10.0. The molecule has 0 amide bonds. The summed E-state index contributed by atoms with van der Waals surface area (Å²) in [6.07, 6.45) is 58.1. The van der Waals surface area contributed by atoms with E-state index in [1.807, 2.05) is 0 Å². The fourth-order valence-corrected chi connectivity index (χ4v) is 6.82. The monoisotopic (exact) mass is 825 g/mol. The number of unbranched alkanes of at least 4 members (excludes halogenated alkanes) is 23. The van der Waals surface area contributed by atoms with Crippen molar-refractivity contribution < 1.29 is 28.6 Å². The van der Waals surface area contributed by atoms with Crippen LogP contribution in [0, 0.1) is 0 Å². The summed E-state index contributed by atoms with van der Waals surface area (Å²) in [6.45, 7) is 6.43. The summed E-state index contributed by atoms with van der Waals surface area (Å²) in [7, 11) is 0. The molecule has 0 aliphatic heterocycles. The second-order valence-electron chi connectivity index (χ2n) is 16.4. The molecule has 1 atom stereocenters. The molecule has 0 saturated carbocycles. The average molecular weight is 825 g/mol. The maximum absolute atomic E-state index is 12.7. The second kappa shape index (κ2) is 47.8. The summed E-state index contributed by atoms with van der Waals surface area (Å²) >= 11 is 0. The Morgan fingerprint density at radius 1 is 0.356 bits per heavy atom. The Bertz CT molecular complexity index is 1090. The molecule has 0 rings (SSSR count). The standard InChI is InChI=1S/C53H92O6/c1-4-7-10-13-15-17-19-21-22-23-24-25-26-27-28-29-30-32-33-35-37-40-43-46-52(55)58-49-50(48-57-51(54)45-42-39-12-9-6-3)59-53(56)47-44-41-38-36-34-31-20-18-16-14-11-8-5-2/h7,10,15,17,21-22,24-25,27-28,50H,4-6,8-9,11-14,16,18-20,23,26,29-49H2,1-3H3/b10-7-,17-15-,22-21-,25-24-,28-27-. The van der Waals surface area contributed by atoms with Gasteiger partial charge in [0.1, 0.15) is 13.2 Å². The molecule has 0 bridgehead atoms. The lowest BCUT2D eigenvalue weighted by Gasteiger charge is -2.18. The average Bonchev–Trinajstić information content (AvgIpc) is 3.23. The van der Waals surface area contributed by atoms with Gasteiger partial charge in [-0.3, -0.25) is 14.4 Å². The maximum atomic E-state index is 12.7. The van der Waals surface area contributed by atoms with Crippen LogP contribution in [0.3, 0.4) is 0 Å². The minimum absolute atomic E-state index is 0.0769. The van der Waals surface area contributed by atoms with E-state index in [0.717, 1.165) is 103 Å². The topological polar surface area (TPSA) is 78.9 Å². The highest BCUT2D eigenvalue weighted by Gasteiger charge is 2.19. The van der Waals surface area contributed by atoms with Gasteiger partial charge in [0.2, 0.25) is 0 Å². The number of esters is 3. The van der Waals surface area contributed by atoms with Gasteiger partial charge < -0.3 is 14.2 Å². The smallest absolute Gasteiger partial charge is 0.306 e. The Hall–Kier alpha value is -2.89. The predicted octanol–water partition coefficient (Wildman–Crippen LogP) is 16.1. The Balaban J connectivity index is 4.16. The van der Waals surface area contributed by atoms with E-state index >= 15 is 0 Å². The van der Waals surface area contributed by atoms with Crippen LogP contribution in [0.4, 0.5) is 0 Å². The lowest BCUT2D eigenvalue weighted by Crippen LogP contribution is -2.30. The van der Waals surface area contributed by atoms with Crippen LogP contribution in [0.15, 0.2) is 60.8 Å². The fourth-order valence-electron chi connectivity index (χ4n) is 6.82. The van der Waals surface area contributed by atoms with Crippen molar-refractivity contribution in [2.75, 3.05) is 13.2 Å². The number of hydrogen-bond acceptors (Lipinski definition) is 6. The third-order valence-electron chi connectivity index (χ3n) is 10.5. The number of allylic oxidation sites excluding steroid dienone is 10. The zero-order valence-corrected chi connectivity index (χ0v) is 38.8. The molecule has 340 valence electrons. The van der Waals surface area contributed by atoms with E-state index in [1.54, 1.807) is 0 Å². The zero-order valence-electron chi connectivity index (χ0n) is 38.8. The van der Waals surface area contributed by atoms with Gasteiger partial charge in [0.15, 0.2) is 6.10 Å². The molecule has 1 unspecified atom stereocenters. The van der Waals surface area contributed by atoms with Gasteiger partial charge in [-0.15, -0.1) is 0 Å². The number of rotatable bonds is 44. The first-order valence-corrected chi connectivity index (χ1v) is 24.8. The zero-order chi connectivity index (χ0) is 43.0. The molecule has 0 heterocycles. The molecule has 0 aliphatic rings. The molecule has 0 aromatic rings. The van der Waals surface area contributed by atoms with E-state index in [4.69, 9.17) is 14.2 Å². The molecule has 0 radical (unpaired) electrons. The van der Waals surface area contributed by atoms with Crippen molar-refractivity contribution in [1.82, 2.24) is 0 Å². The van der Waals surface area contributed by atoms with E-state index in [9.17, 15) is 14.4 Å². The van der Waals surface area contributed by atoms with E-state index < -0.39 is 6.10 Å². The van der Waals surface area contributed by atoms with Crippen molar-refractivity contribution in [3.05, 3.63) is 60.8 Å². The SMILES string of the molecule is CC/C=C\C/C=C\C/C=C\C/C=C\C/C=C\CCCCCCCCCC(=O)OCC(COC(=O)CCCCCCC)OC(=O)CCCCCCCCCCCCCCC. The molecule has 0 saturated heterocycles. The first kappa shape index (κ1) is 56.1. The van der Waals surface area contributed by atoms with Crippen LogP contribution in [0.25, 0.3) is 0 Å². The molecule has 6 heteroatoms. The second-order valence-corrected chi connectivity index (χ2v) is 16.4. The molecule has 6 nitrogen and oxygen atoms in total. The van der Waals surface area contributed by atoms with Gasteiger partial charge in [-0.05, 0) is 64.2 Å². The number of carbonyl (C=O) groups is 3. The van der Waals surface area contributed by atoms with Gasteiger partial charge in [0.05, 0.1) is 0 Å². The van der Waals surface area contributed by atoms with Gasteiger partial charge in [-0.2, -0.15) is 0 Å². The molecule has 59 heavy (non-hydrogen) atoms. The van der Waals surface area contributed by atoms with E-state index in [-0.39, 0.29) is 31.1 Å². The largest absolute Gasteiger partial charge is 0.462 e.